The van der Waals surface area contributed by atoms with Crippen LogP contribution in [0.1, 0.15) is 25.3 Å². The number of aromatic nitrogens is 3. The molecule has 0 saturated heterocycles. The first-order valence-electron chi connectivity index (χ1n) is 5.90. The van der Waals surface area contributed by atoms with Gasteiger partial charge in [-0.05, 0) is 19.3 Å². The minimum atomic E-state index is -0.440. The van der Waals surface area contributed by atoms with E-state index < -0.39 is 4.92 Å². The van der Waals surface area contributed by atoms with Gasteiger partial charge in [0.05, 0.1) is 17.2 Å². The van der Waals surface area contributed by atoms with Gasteiger partial charge in [-0.3, -0.25) is 10.1 Å². The van der Waals surface area contributed by atoms with Gasteiger partial charge in [-0.1, -0.05) is 12.2 Å². The second-order valence-corrected chi connectivity index (χ2v) is 4.38. The summed E-state index contributed by atoms with van der Waals surface area (Å²) in [7, 11) is 0. The minimum absolute atomic E-state index is 0.00114. The lowest BCUT2D eigenvalue weighted by Crippen LogP contribution is -2.10. The third kappa shape index (κ3) is 1.75. The van der Waals surface area contributed by atoms with Gasteiger partial charge in [-0.25, -0.2) is 9.67 Å². The van der Waals surface area contributed by atoms with Crippen molar-refractivity contribution >= 4 is 16.7 Å². The topological polar surface area (TPSA) is 73.8 Å². The van der Waals surface area contributed by atoms with Crippen LogP contribution in [0.2, 0.25) is 0 Å². The molecule has 6 nitrogen and oxygen atoms in total. The van der Waals surface area contributed by atoms with Crippen LogP contribution in [0.4, 0.5) is 5.69 Å². The van der Waals surface area contributed by atoms with Crippen LogP contribution in [0.5, 0.6) is 0 Å². The first-order valence-corrected chi connectivity index (χ1v) is 5.90. The molecule has 0 aliphatic heterocycles. The number of nitrogens with zero attached hydrogens (tertiary/aromatic N) is 4. The van der Waals surface area contributed by atoms with Crippen LogP contribution in [0.15, 0.2) is 30.6 Å². The molecule has 1 aliphatic rings. The summed E-state index contributed by atoms with van der Waals surface area (Å²) in [5, 5.41) is 15.7. The first kappa shape index (κ1) is 10.9. The lowest BCUT2D eigenvalue weighted by atomic mass is 10.0. The van der Waals surface area contributed by atoms with Crippen LogP contribution in [0.3, 0.4) is 0 Å². The normalized spacial score (nSPS) is 19.2. The Hall–Kier alpha value is -2.24. The number of rotatable bonds is 2. The zero-order valence-corrected chi connectivity index (χ0v) is 9.69. The lowest BCUT2D eigenvalue weighted by Gasteiger charge is -2.17. The van der Waals surface area contributed by atoms with E-state index in [4.69, 9.17) is 0 Å². The molecule has 92 valence electrons. The van der Waals surface area contributed by atoms with Gasteiger partial charge in [0.2, 0.25) is 0 Å². The highest BCUT2D eigenvalue weighted by molar-refractivity contribution is 5.76. The number of allylic oxidation sites excluding steroid dienone is 2. The second-order valence-electron chi connectivity index (χ2n) is 4.38. The summed E-state index contributed by atoms with van der Waals surface area (Å²) < 4.78 is 1.84. The fourth-order valence-corrected chi connectivity index (χ4v) is 2.27. The van der Waals surface area contributed by atoms with Gasteiger partial charge < -0.3 is 0 Å². The monoisotopic (exact) mass is 244 g/mol. The molecule has 0 spiro atoms. The molecule has 2 heterocycles. The SMILES string of the molecule is O=[N+]([O-])c1cnc2c(cnn2C2C=CCCC2)c1. The van der Waals surface area contributed by atoms with Crippen LogP contribution in [0, 0.1) is 10.1 Å². The van der Waals surface area contributed by atoms with Crippen LogP contribution in [-0.4, -0.2) is 19.7 Å². The van der Waals surface area contributed by atoms with E-state index in [1.54, 1.807) is 6.20 Å². The maximum Gasteiger partial charge on any atom is 0.288 e. The van der Waals surface area contributed by atoms with Crippen molar-refractivity contribution in [3.05, 3.63) is 40.7 Å². The maximum absolute atomic E-state index is 10.7. The molecule has 6 heteroatoms. The molecule has 3 rings (SSSR count). The van der Waals surface area contributed by atoms with E-state index in [1.165, 1.54) is 12.3 Å². The Morgan fingerprint density at radius 2 is 2.33 bits per heavy atom. The van der Waals surface area contributed by atoms with Gasteiger partial charge in [0.1, 0.15) is 6.20 Å². The van der Waals surface area contributed by atoms with Gasteiger partial charge in [0.15, 0.2) is 5.65 Å². The summed E-state index contributed by atoms with van der Waals surface area (Å²) in [6, 6.07) is 1.73. The predicted octanol–water partition coefficient (Wildman–Crippen LogP) is 2.62. The van der Waals surface area contributed by atoms with E-state index >= 15 is 0 Å². The Kier molecular flexibility index (Phi) is 2.55. The van der Waals surface area contributed by atoms with Crippen molar-refractivity contribution in [3.8, 4) is 0 Å². The summed E-state index contributed by atoms with van der Waals surface area (Å²) in [4.78, 5) is 14.4. The second kappa shape index (κ2) is 4.21. The van der Waals surface area contributed by atoms with Crippen LogP contribution in [-0.2, 0) is 0 Å². The molecule has 2 aromatic rings. The van der Waals surface area contributed by atoms with Crippen molar-refractivity contribution < 1.29 is 4.92 Å². The largest absolute Gasteiger partial charge is 0.288 e. The minimum Gasteiger partial charge on any atom is -0.258 e. The average Bonchev–Trinajstić information content (AvgIpc) is 2.82. The number of hydrogen-bond donors (Lipinski definition) is 0. The van der Waals surface area contributed by atoms with E-state index in [0.717, 1.165) is 19.3 Å². The third-order valence-electron chi connectivity index (χ3n) is 3.17. The molecule has 0 amide bonds. The summed E-state index contributed by atoms with van der Waals surface area (Å²) in [6.45, 7) is 0. The third-order valence-corrected chi connectivity index (χ3v) is 3.17. The number of fused-ring (bicyclic) bond motifs is 1. The number of pyridine rings is 1. The Labute approximate surface area is 103 Å². The molecule has 0 saturated carbocycles. The molecular formula is C12H12N4O2. The molecule has 1 unspecified atom stereocenters. The zero-order valence-electron chi connectivity index (χ0n) is 9.69. The van der Waals surface area contributed by atoms with Gasteiger partial charge in [-0.15, -0.1) is 0 Å². The van der Waals surface area contributed by atoms with Crippen molar-refractivity contribution in [1.82, 2.24) is 14.8 Å². The highest BCUT2D eigenvalue weighted by atomic mass is 16.6. The Bertz CT molecular complexity index is 632. The van der Waals surface area contributed by atoms with Crippen LogP contribution in [0.25, 0.3) is 11.0 Å². The van der Waals surface area contributed by atoms with Gasteiger partial charge >= 0.3 is 0 Å². The lowest BCUT2D eigenvalue weighted by molar-refractivity contribution is -0.385. The molecule has 1 aliphatic carbocycles. The van der Waals surface area contributed by atoms with Crippen molar-refractivity contribution in [1.29, 1.82) is 0 Å². The van der Waals surface area contributed by atoms with E-state index in [-0.39, 0.29) is 11.7 Å². The summed E-state index contributed by atoms with van der Waals surface area (Å²) >= 11 is 0. The molecule has 1 atom stereocenters. The van der Waals surface area contributed by atoms with Crippen molar-refractivity contribution in [2.24, 2.45) is 0 Å². The van der Waals surface area contributed by atoms with Gasteiger partial charge in [0, 0.05) is 11.5 Å². The maximum atomic E-state index is 10.7. The summed E-state index contributed by atoms with van der Waals surface area (Å²) in [5.41, 5.74) is 0.707. The molecule has 0 fully saturated rings. The van der Waals surface area contributed by atoms with Crippen molar-refractivity contribution in [3.63, 3.8) is 0 Å². The average molecular weight is 244 g/mol. The Morgan fingerprint density at radius 1 is 1.44 bits per heavy atom. The van der Waals surface area contributed by atoms with Crippen molar-refractivity contribution in [2.45, 2.75) is 25.3 Å². The van der Waals surface area contributed by atoms with Crippen LogP contribution >= 0.6 is 0 Å². The molecule has 0 N–H and O–H groups in total. The van der Waals surface area contributed by atoms with E-state index in [0.29, 0.717) is 11.0 Å². The van der Waals surface area contributed by atoms with E-state index in [9.17, 15) is 10.1 Å². The molecule has 0 radical (unpaired) electrons. The molecule has 0 bridgehead atoms. The summed E-state index contributed by atoms with van der Waals surface area (Å²) in [5.74, 6) is 0. The Morgan fingerprint density at radius 3 is 3.06 bits per heavy atom. The van der Waals surface area contributed by atoms with Gasteiger partial charge in [0.25, 0.3) is 5.69 Å². The first-order chi connectivity index (χ1) is 8.75. The number of hydrogen-bond acceptors (Lipinski definition) is 4. The Balaban J connectivity index is 2.06. The fraction of sp³-hybridized carbons (Fsp3) is 0.333. The van der Waals surface area contributed by atoms with Gasteiger partial charge in [-0.2, -0.15) is 5.10 Å². The predicted molar refractivity (Wildman–Crippen MR) is 66.2 cm³/mol. The highest BCUT2D eigenvalue weighted by Crippen LogP contribution is 2.26. The quantitative estimate of drug-likeness (QED) is 0.462. The van der Waals surface area contributed by atoms with E-state index in [2.05, 4.69) is 22.2 Å². The molecule has 0 aromatic carbocycles. The molecule has 2 aromatic heterocycles. The standard InChI is InChI=1S/C12H12N4O2/c17-16(18)11-6-9-7-14-15(12(9)13-8-11)10-4-2-1-3-5-10/h2,4,6-8,10H,1,3,5H2. The number of nitro groups is 1. The van der Waals surface area contributed by atoms with Crippen molar-refractivity contribution in [2.75, 3.05) is 0 Å². The smallest absolute Gasteiger partial charge is 0.258 e. The molecular weight excluding hydrogens is 232 g/mol. The fourth-order valence-electron chi connectivity index (χ4n) is 2.27. The van der Waals surface area contributed by atoms with E-state index in [1.807, 2.05) is 4.68 Å². The van der Waals surface area contributed by atoms with Crippen LogP contribution < -0.4 is 0 Å². The molecule has 18 heavy (non-hydrogen) atoms. The highest BCUT2D eigenvalue weighted by Gasteiger charge is 2.16. The summed E-state index contributed by atoms with van der Waals surface area (Å²) in [6.07, 6.45) is 10.5. The zero-order chi connectivity index (χ0) is 12.5.